The molecule has 2 fully saturated rings. The van der Waals surface area contributed by atoms with Crippen molar-refractivity contribution in [3.8, 4) is 5.75 Å². The lowest BCUT2D eigenvalue weighted by Gasteiger charge is -2.26. The molecule has 2 N–H and O–H groups in total. The van der Waals surface area contributed by atoms with Crippen molar-refractivity contribution in [2.75, 3.05) is 44.2 Å². The van der Waals surface area contributed by atoms with Crippen molar-refractivity contribution >= 4 is 11.9 Å². The van der Waals surface area contributed by atoms with Gasteiger partial charge in [-0.05, 0) is 18.2 Å². The Morgan fingerprint density at radius 1 is 1.27 bits per heavy atom. The van der Waals surface area contributed by atoms with Gasteiger partial charge in [0.25, 0.3) is 0 Å². The molecule has 0 bridgehead atoms. The van der Waals surface area contributed by atoms with Crippen LogP contribution in [0.25, 0.3) is 0 Å². The van der Waals surface area contributed by atoms with Gasteiger partial charge in [-0.15, -0.1) is 0 Å². The summed E-state index contributed by atoms with van der Waals surface area (Å²) in [4.78, 5) is 23.7. The summed E-state index contributed by atoms with van der Waals surface area (Å²) >= 11 is 0. The number of hydrogen-bond donors (Lipinski definition) is 2. The first-order valence-electron chi connectivity index (χ1n) is 8.97. The molecule has 1 aromatic carbocycles. The Labute approximate surface area is 152 Å². The van der Waals surface area contributed by atoms with Crippen LogP contribution in [0.4, 0.5) is 5.95 Å². The van der Waals surface area contributed by atoms with Gasteiger partial charge in [-0.1, -0.05) is 18.2 Å². The van der Waals surface area contributed by atoms with Crippen LogP contribution < -0.4 is 20.3 Å². The lowest BCUT2D eigenvalue weighted by Crippen LogP contribution is -2.48. The van der Waals surface area contributed by atoms with E-state index < -0.39 is 5.41 Å². The van der Waals surface area contributed by atoms with Gasteiger partial charge in [0, 0.05) is 44.5 Å². The third kappa shape index (κ3) is 3.22. The maximum atomic E-state index is 13.0. The molecule has 3 heterocycles. The number of aromatic nitrogens is 2. The molecule has 7 nitrogen and oxygen atoms in total. The molecule has 2 atom stereocenters. The van der Waals surface area contributed by atoms with E-state index >= 15 is 0 Å². The highest BCUT2D eigenvalue weighted by Crippen LogP contribution is 2.40. The summed E-state index contributed by atoms with van der Waals surface area (Å²) in [5, 5.41) is 6.43. The molecule has 7 heteroatoms. The number of nitrogens with one attached hydrogen (secondary N) is 2. The van der Waals surface area contributed by atoms with E-state index in [2.05, 4.69) is 25.5 Å². The molecule has 2 aliphatic heterocycles. The molecule has 26 heavy (non-hydrogen) atoms. The van der Waals surface area contributed by atoms with Crippen molar-refractivity contribution in [1.82, 2.24) is 20.6 Å². The minimum atomic E-state index is -0.425. The molecule has 2 aromatic rings. The van der Waals surface area contributed by atoms with Crippen LogP contribution in [0.15, 0.2) is 48.8 Å². The van der Waals surface area contributed by atoms with Crippen molar-refractivity contribution in [3.05, 3.63) is 48.8 Å². The molecule has 1 amide bonds. The predicted octanol–water partition coefficient (Wildman–Crippen LogP) is 0.698. The van der Waals surface area contributed by atoms with E-state index in [0.29, 0.717) is 32.2 Å². The van der Waals surface area contributed by atoms with Crippen LogP contribution in [-0.4, -0.2) is 55.2 Å². The number of carbonyl (C=O) groups excluding carboxylic acids is 1. The van der Waals surface area contributed by atoms with E-state index in [1.54, 1.807) is 18.5 Å². The number of benzene rings is 1. The van der Waals surface area contributed by atoms with Crippen molar-refractivity contribution in [2.45, 2.75) is 0 Å². The second-order valence-corrected chi connectivity index (χ2v) is 6.83. The smallest absolute Gasteiger partial charge is 0.229 e. The highest BCUT2D eigenvalue weighted by molar-refractivity contribution is 5.85. The molecular formula is C19H23N5O2. The standard InChI is InChI=1S/C19H23N5O2/c25-17(21-9-10-26-16-5-2-1-3-6-16)19-13-20-11-15(19)12-24(14-19)18-22-7-4-8-23-18/h1-8,15,20H,9-14H2,(H,21,25)/t15-,19-/m1/s1. The Balaban J connectivity index is 1.35. The predicted molar refractivity (Wildman–Crippen MR) is 98.0 cm³/mol. The van der Waals surface area contributed by atoms with Gasteiger partial charge in [-0.25, -0.2) is 9.97 Å². The number of rotatable bonds is 6. The summed E-state index contributed by atoms with van der Waals surface area (Å²) in [6, 6.07) is 11.4. The first-order valence-corrected chi connectivity index (χ1v) is 8.97. The van der Waals surface area contributed by atoms with Gasteiger partial charge in [0.15, 0.2) is 0 Å². The van der Waals surface area contributed by atoms with Crippen LogP contribution in [0.1, 0.15) is 0 Å². The zero-order chi connectivity index (χ0) is 17.8. The molecule has 1 aromatic heterocycles. The largest absolute Gasteiger partial charge is 0.492 e. The van der Waals surface area contributed by atoms with Crippen LogP contribution in [-0.2, 0) is 4.79 Å². The number of amides is 1. The van der Waals surface area contributed by atoms with Crippen molar-refractivity contribution in [2.24, 2.45) is 11.3 Å². The Morgan fingerprint density at radius 3 is 2.88 bits per heavy atom. The summed E-state index contributed by atoms with van der Waals surface area (Å²) in [5.41, 5.74) is -0.425. The minimum absolute atomic E-state index is 0.0857. The summed E-state index contributed by atoms with van der Waals surface area (Å²) in [5.74, 6) is 1.86. The SMILES string of the molecule is O=C(NCCOc1ccccc1)[C@@]12CNC[C@@H]1CN(c1ncccn1)C2. The second-order valence-electron chi connectivity index (χ2n) is 6.83. The maximum Gasteiger partial charge on any atom is 0.229 e. The van der Waals surface area contributed by atoms with Crippen LogP contribution in [0.5, 0.6) is 5.75 Å². The minimum Gasteiger partial charge on any atom is -0.492 e. The van der Waals surface area contributed by atoms with Crippen molar-refractivity contribution in [3.63, 3.8) is 0 Å². The normalized spacial score (nSPS) is 24.3. The first kappa shape index (κ1) is 16.8. The third-order valence-corrected chi connectivity index (χ3v) is 5.21. The fourth-order valence-electron chi connectivity index (χ4n) is 3.88. The second kappa shape index (κ2) is 7.29. The number of anilines is 1. The molecular weight excluding hydrogens is 330 g/mol. The topological polar surface area (TPSA) is 79.4 Å². The van der Waals surface area contributed by atoms with Gasteiger partial charge in [-0.3, -0.25) is 4.79 Å². The molecule has 0 aliphatic carbocycles. The summed E-state index contributed by atoms with van der Waals surface area (Å²) < 4.78 is 5.66. The van der Waals surface area contributed by atoms with E-state index in [9.17, 15) is 4.79 Å². The van der Waals surface area contributed by atoms with Gasteiger partial charge in [0.05, 0.1) is 12.0 Å². The van der Waals surface area contributed by atoms with E-state index in [1.807, 2.05) is 30.3 Å². The van der Waals surface area contributed by atoms with E-state index in [0.717, 1.165) is 18.8 Å². The highest BCUT2D eigenvalue weighted by Gasteiger charge is 2.55. The fraction of sp³-hybridized carbons (Fsp3) is 0.421. The number of carbonyl (C=O) groups is 1. The molecule has 0 unspecified atom stereocenters. The van der Waals surface area contributed by atoms with E-state index in [4.69, 9.17) is 4.74 Å². The summed E-state index contributed by atoms with van der Waals surface area (Å²) in [6.45, 7) is 3.91. The molecule has 0 radical (unpaired) electrons. The molecule has 0 saturated carbocycles. The number of fused-ring (bicyclic) bond motifs is 1. The lowest BCUT2D eigenvalue weighted by atomic mass is 9.80. The van der Waals surface area contributed by atoms with Crippen LogP contribution in [0.3, 0.4) is 0 Å². The average Bonchev–Trinajstić information content (AvgIpc) is 3.25. The Kier molecular flexibility index (Phi) is 4.71. The van der Waals surface area contributed by atoms with Crippen molar-refractivity contribution in [1.29, 1.82) is 0 Å². The van der Waals surface area contributed by atoms with Crippen molar-refractivity contribution < 1.29 is 9.53 Å². The average molecular weight is 353 g/mol. The first-order chi connectivity index (χ1) is 12.8. The van der Waals surface area contributed by atoms with Crippen LogP contribution in [0, 0.1) is 11.3 Å². The zero-order valence-corrected chi connectivity index (χ0v) is 14.6. The molecule has 0 spiro atoms. The summed E-state index contributed by atoms with van der Waals surface area (Å²) in [7, 11) is 0. The van der Waals surface area contributed by atoms with E-state index in [-0.39, 0.29) is 11.8 Å². The maximum absolute atomic E-state index is 13.0. The molecule has 4 rings (SSSR count). The van der Waals surface area contributed by atoms with Gasteiger partial charge in [0.2, 0.25) is 11.9 Å². The van der Waals surface area contributed by atoms with Crippen LogP contribution >= 0.6 is 0 Å². The Bertz CT molecular complexity index is 742. The molecule has 2 aliphatic rings. The van der Waals surface area contributed by atoms with Gasteiger partial charge in [-0.2, -0.15) is 0 Å². The molecule has 2 saturated heterocycles. The Morgan fingerprint density at radius 2 is 2.08 bits per heavy atom. The van der Waals surface area contributed by atoms with E-state index in [1.165, 1.54) is 0 Å². The monoisotopic (exact) mass is 353 g/mol. The summed E-state index contributed by atoms with van der Waals surface area (Å²) in [6.07, 6.45) is 3.48. The third-order valence-electron chi connectivity index (χ3n) is 5.21. The zero-order valence-electron chi connectivity index (χ0n) is 14.6. The lowest BCUT2D eigenvalue weighted by molar-refractivity contribution is -0.130. The molecule has 136 valence electrons. The number of nitrogens with zero attached hydrogens (tertiary/aromatic N) is 3. The van der Waals surface area contributed by atoms with Gasteiger partial charge in [0.1, 0.15) is 12.4 Å². The highest BCUT2D eigenvalue weighted by atomic mass is 16.5. The number of ether oxygens (including phenoxy) is 1. The Hall–Kier alpha value is -2.67. The quantitative estimate of drug-likeness (QED) is 0.744. The van der Waals surface area contributed by atoms with Gasteiger partial charge < -0.3 is 20.3 Å². The number of para-hydroxylation sites is 1. The fourth-order valence-corrected chi connectivity index (χ4v) is 3.88. The number of hydrogen-bond acceptors (Lipinski definition) is 6. The van der Waals surface area contributed by atoms with Crippen LogP contribution in [0.2, 0.25) is 0 Å². The van der Waals surface area contributed by atoms with Gasteiger partial charge >= 0.3 is 0 Å².